The van der Waals surface area contributed by atoms with E-state index in [4.69, 9.17) is 10.3 Å². The van der Waals surface area contributed by atoms with Crippen molar-refractivity contribution < 1.29 is 9.32 Å². The van der Waals surface area contributed by atoms with Gasteiger partial charge in [-0.25, -0.2) is 0 Å². The van der Waals surface area contributed by atoms with Gasteiger partial charge >= 0.3 is 0 Å². The Labute approximate surface area is 145 Å². The number of nitrogens with zero attached hydrogens (tertiary/aromatic N) is 3. The second-order valence-electron chi connectivity index (χ2n) is 7.73. The van der Waals surface area contributed by atoms with Crippen molar-refractivity contribution in [1.82, 2.24) is 15.0 Å². The molecule has 0 aliphatic rings. The van der Waals surface area contributed by atoms with Gasteiger partial charge in [0, 0.05) is 31.8 Å². The van der Waals surface area contributed by atoms with Crippen LogP contribution in [-0.2, 0) is 16.6 Å². The zero-order chi connectivity index (χ0) is 17.0. The third-order valence-corrected chi connectivity index (χ3v) is 3.56. The SMILES string of the molecule is CN(CC(C)(C)CN)C(=O)CCCc1nc(C(C)(C)C)no1.Cl. The second-order valence-corrected chi connectivity index (χ2v) is 7.73. The molecule has 0 aromatic carbocycles. The molecule has 0 unspecified atom stereocenters. The van der Waals surface area contributed by atoms with Crippen molar-refractivity contribution in [3.8, 4) is 0 Å². The minimum absolute atomic E-state index is 0. The summed E-state index contributed by atoms with van der Waals surface area (Å²) < 4.78 is 5.23. The Morgan fingerprint density at radius 3 is 2.35 bits per heavy atom. The normalized spacial score (nSPS) is 12.0. The fourth-order valence-corrected chi connectivity index (χ4v) is 2.04. The molecule has 0 saturated carbocycles. The first-order chi connectivity index (χ1) is 10.0. The minimum Gasteiger partial charge on any atom is -0.345 e. The van der Waals surface area contributed by atoms with Crippen molar-refractivity contribution in [3.05, 3.63) is 11.7 Å². The van der Waals surface area contributed by atoms with E-state index in [0.717, 1.165) is 0 Å². The fourth-order valence-electron chi connectivity index (χ4n) is 2.04. The first-order valence-electron chi connectivity index (χ1n) is 7.82. The highest BCUT2D eigenvalue weighted by Crippen LogP contribution is 2.19. The summed E-state index contributed by atoms with van der Waals surface area (Å²) in [4.78, 5) is 18.2. The number of aryl methyl sites for hydroxylation is 1. The van der Waals surface area contributed by atoms with E-state index in [1.165, 1.54) is 0 Å². The van der Waals surface area contributed by atoms with Crippen LogP contribution >= 0.6 is 12.4 Å². The summed E-state index contributed by atoms with van der Waals surface area (Å²) in [6, 6.07) is 0. The summed E-state index contributed by atoms with van der Waals surface area (Å²) in [5, 5.41) is 3.98. The quantitative estimate of drug-likeness (QED) is 0.820. The van der Waals surface area contributed by atoms with Gasteiger partial charge in [-0.2, -0.15) is 4.98 Å². The Morgan fingerprint density at radius 1 is 1.26 bits per heavy atom. The van der Waals surface area contributed by atoms with E-state index in [0.29, 0.717) is 44.1 Å². The average molecular weight is 347 g/mol. The van der Waals surface area contributed by atoms with Crippen molar-refractivity contribution in [2.75, 3.05) is 20.1 Å². The average Bonchev–Trinajstić information content (AvgIpc) is 2.87. The molecule has 1 aromatic rings. The van der Waals surface area contributed by atoms with Crippen molar-refractivity contribution in [3.63, 3.8) is 0 Å². The predicted molar refractivity (Wildman–Crippen MR) is 93.7 cm³/mol. The third-order valence-electron chi connectivity index (χ3n) is 3.56. The summed E-state index contributed by atoms with van der Waals surface area (Å²) in [6.07, 6.45) is 1.81. The highest BCUT2D eigenvalue weighted by molar-refractivity contribution is 5.85. The smallest absolute Gasteiger partial charge is 0.226 e. The minimum atomic E-state index is -0.119. The monoisotopic (exact) mass is 346 g/mol. The lowest BCUT2D eigenvalue weighted by Crippen LogP contribution is -2.39. The molecule has 2 N–H and O–H groups in total. The Kier molecular flexibility index (Phi) is 8.21. The zero-order valence-corrected chi connectivity index (χ0v) is 16.0. The summed E-state index contributed by atoms with van der Waals surface area (Å²) in [7, 11) is 1.82. The molecule has 0 spiro atoms. The van der Waals surface area contributed by atoms with Crippen molar-refractivity contribution >= 4 is 18.3 Å². The molecular weight excluding hydrogens is 316 g/mol. The highest BCUT2D eigenvalue weighted by atomic mass is 35.5. The molecule has 1 heterocycles. The molecule has 0 bridgehead atoms. The standard InChI is InChI=1S/C16H30N4O2.ClH/c1-15(2,3)14-18-12(22-19-14)8-7-9-13(21)20(6)11-16(4,5)10-17;/h7-11,17H2,1-6H3;1H. The van der Waals surface area contributed by atoms with Gasteiger partial charge in [-0.3, -0.25) is 4.79 Å². The molecule has 0 radical (unpaired) electrons. The molecule has 0 saturated heterocycles. The van der Waals surface area contributed by atoms with Crippen LogP contribution in [0.2, 0.25) is 0 Å². The summed E-state index contributed by atoms with van der Waals surface area (Å²) in [5.74, 6) is 1.43. The number of nitrogens with two attached hydrogens (primary N) is 1. The molecule has 6 nitrogen and oxygen atoms in total. The molecule has 1 amide bonds. The number of hydrogen-bond donors (Lipinski definition) is 1. The van der Waals surface area contributed by atoms with E-state index in [2.05, 4.69) is 24.0 Å². The molecule has 7 heteroatoms. The maximum atomic E-state index is 12.1. The Hall–Kier alpha value is -1.14. The number of rotatable bonds is 7. The first-order valence-corrected chi connectivity index (χ1v) is 7.82. The van der Waals surface area contributed by atoms with Crippen molar-refractivity contribution in [1.29, 1.82) is 0 Å². The van der Waals surface area contributed by atoms with Crippen LogP contribution in [0.25, 0.3) is 0 Å². The van der Waals surface area contributed by atoms with E-state index in [-0.39, 0.29) is 29.1 Å². The molecule has 134 valence electrons. The summed E-state index contributed by atoms with van der Waals surface area (Å²) in [6.45, 7) is 11.5. The van der Waals surface area contributed by atoms with E-state index < -0.39 is 0 Å². The molecule has 1 aromatic heterocycles. The maximum absolute atomic E-state index is 12.1. The maximum Gasteiger partial charge on any atom is 0.226 e. The Balaban J connectivity index is 0.00000484. The molecule has 0 fully saturated rings. The fraction of sp³-hybridized carbons (Fsp3) is 0.812. The summed E-state index contributed by atoms with van der Waals surface area (Å²) in [5.41, 5.74) is 5.53. The third kappa shape index (κ3) is 7.31. The van der Waals surface area contributed by atoms with Crippen LogP contribution < -0.4 is 5.73 Å². The lowest BCUT2D eigenvalue weighted by atomic mass is 9.93. The number of hydrogen-bond acceptors (Lipinski definition) is 5. The number of carbonyl (C=O) groups is 1. The van der Waals surface area contributed by atoms with Crippen LogP contribution in [0.5, 0.6) is 0 Å². The number of halogens is 1. The van der Waals surface area contributed by atoms with Gasteiger partial charge in [0.05, 0.1) is 0 Å². The van der Waals surface area contributed by atoms with Crippen molar-refractivity contribution in [2.45, 2.75) is 59.3 Å². The van der Waals surface area contributed by atoms with Crippen LogP contribution in [0.15, 0.2) is 4.52 Å². The first kappa shape index (κ1) is 21.9. The van der Waals surface area contributed by atoms with Crippen LogP contribution in [0.3, 0.4) is 0 Å². The summed E-state index contributed by atoms with van der Waals surface area (Å²) >= 11 is 0. The van der Waals surface area contributed by atoms with Gasteiger partial charge in [0.25, 0.3) is 0 Å². The van der Waals surface area contributed by atoms with Crippen LogP contribution in [0, 0.1) is 5.41 Å². The van der Waals surface area contributed by atoms with Gasteiger partial charge in [0.2, 0.25) is 11.8 Å². The van der Waals surface area contributed by atoms with Crippen LogP contribution in [-0.4, -0.2) is 41.1 Å². The molecule has 0 aliphatic heterocycles. The second kappa shape index (κ2) is 8.64. The van der Waals surface area contributed by atoms with Gasteiger partial charge in [-0.05, 0) is 18.4 Å². The number of amides is 1. The Bertz CT molecular complexity index is 495. The molecule has 0 aliphatic carbocycles. The zero-order valence-electron chi connectivity index (χ0n) is 15.2. The number of carbonyl (C=O) groups excluding carboxylic acids is 1. The molecular formula is C16H31ClN4O2. The van der Waals surface area contributed by atoms with Crippen LogP contribution in [0.4, 0.5) is 0 Å². The molecule has 23 heavy (non-hydrogen) atoms. The lowest BCUT2D eigenvalue weighted by molar-refractivity contribution is -0.131. The van der Waals surface area contributed by atoms with Crippen molar-refractivity contribution in [2.24, 2.45) is 11.1 Å². The number of aromatic nitrogens is 2. The van der Waals surface area contributed by atoms with E-state index in [9.17, 15) is 4.79 Å². The van der Waals surface area contributed by atoms with Gasteiger partial charge < -0.3 is 15.2 Å². The van der Waals surface area contributed by atoms with Gasteiger partial charge in [-0.1, -0.05) is 39.8 Å². The molecule has 0 atom stereocenters. The van der Waals surface area contributed by atoms with E-state index >= 15 is 0 Å². The van der Waals surface area contributed by atoms with Gasteiger partial charge in [0.1, 0.15) is 0 Å². The Morgan fingerprint density at radius 2 is 1.87 bits per heavy atom. The largest absolute Gasteiger partial charge is 0.345 e. The predicted octanol–water partition coefficient (Wildman–Crippen LogP) is 2.55. The van der Waals surface area contributed by atoms with Gasteiger partial charge in [0.15, 0.2) is 5.82 Å². The van der Waals surface area contributed by atoms with Crippen LogP contribution in [0.1, 0.15) is 59.2 Å². The van der Waals surface area contributed by atoms with E-state index in [1.807, 2.05) is 27.8 Å². The lowest BCUT2D eigenvalue weighted by Gasteiger charge is -2.29. The topological polar surface area (TPSA) is 85.2 Å². The van der Waals surface area contributed by atoms with E-state index in [1.54, 1.807) is 4.90 Å². The van der Waals surface area contributed by atoms with Gasteiger partial charge in [-0.15, -0.1) is 12.4 Å². The molecule has 1 rings (SSSR count). The highest BCUT2D eigenvalue weighted by Gasteiger charge is 2.22.